The van der Waals surface area contributed by atoms with Crippen molar-refractivity contribution in [1.29, 1.82) is 0 Å². The molecular weight excluding hydrogens is 271 g/mol. The number of carboxylic acid groups (broad SMARTS) is 1. The predicted molar refractivity (Wildman–Crippen MR) is 55.4 cm³/mol. The molecule has 1 N–H and O–H groups in total. The number of halogens is 3. The number of hydrogen-bond donors (Lipinski definition) is 1. The van der Waals surface area contributed by atoms with Crippen molar-refractivity contribution in [2.24, 2.45) is 0 Å². The van der Waals surface area contributed by atoms with E-state index in [1.165, 1.54) is 4.90 Å². The summed E-state index contributed by atoms with van der Waals surface area (Å²) in [5.74, 6) is -1.62. The van der Waals surface area contributed by atoms with Gasteiger partial charge in [-0.2, -0.15) is 13.2 Å². The second-order valence-electron chi connectivity index (χ2n) is 3.96. The number of ether oxygens (including phenoxy) is 2. The standard InChI is InChI=1S/C10H14F3NO5/c11-10(12,13)6-18-3-1-8(15)14-2-4-19-7(5-14)9(16)17/h7H,1-6H2,(H,16,17)/t7-/m1/s1. The second-order valence-corrected chi connectivity index (χ2v) is 3.96. The molecular formula is C10H14F3NO5. The number of hydrogen-bond acceptors (Lipinski definition) is 4. The Bertz CT molecular complexity index is 334. The van der Waals surface area contributed by atoms with Crippen LogP contribution in [0.4, 0.5) is 13.2 Å². The maximum Gasteiger partial charge on any atom is 0.411 e. The van der Waals surface area contributed by atoms with Crippen LogP contribution in [-0.2, 0) is 19.1 Å². The van der Waals surface area contributed by atoms with Crippen molar-refractivity contribution in [3.05, 3.63) is 0 Å². The quantitative estimate of drug-likeness (QED) is 0.734. The van der Waals surface area contributed by atoms with Crippen LogP contribution in [0.2, 0.25) is 0 Å². The molecule has 0 unspecified atom stereocenters. The van der Waals surface area contributed by atoms with E-state index >= 15 is 0 Å². The minimum Gasteiger partial charge on any atom is -0.479 e. The third-order valence-corrected chi connectivity index (χ3v) is 2.42. The van der Waals surface area contributed by atoms with E-state index in [1.54, 1.807) is 0 Å². The maximum absolute atomic E-state index is 11.8. The normalized spacial score (nSPS) is 20.4. The van der Waals surface area contributed by atoms with E-state index in [0.29, 0.717) is 0 Å². The molecule has 1 saturated heterocycles. The van der Waals surface area contributed by atoms with Crippen LogP contribution in [0.3, 0.4) is 0 Å². The molecule has 19 heavy (non-hydrogen) atoms. The lowest BCUT2D eigenvalue weighted by Crippen LogP contribution is -2.48. The van der Waals surface area contributed by atoms with Crippen molar-refractivity contribution in [3.63, 3.8) is 0 Å². The van der Waals surface area contributed by atoms with Gasteiger partial charge in [0.1, 0.15) is 6.61 Å². The summed E-state index contributed by atoms with van der Waals surface area (Å²) in [6.45, 7) is -1.55. The predicted octanol–water partition coefficient (Wildman–Crippen LogP) is 0.267. The Hall–Kier alpha value is -1.35. The number of aliphatic carboxylic acids is 1. The molecule has 0 aromatic carbocycles. The smallest absolute Gasteiger partial charge is 0.411 e. The van der Waals surface area contributed by atoms with Crippen molar-refractivity contribution in [2.45, 2.75) is 18.7 Å². The largest absolute Gasteiger partial charge is 0.479 e. The number of alkyl halides is 3. The summed E-state index contributed by atoms with van der Waals surface area (Å²) in [4.78, 5) is 23.5. The summed E-state index contributed by atoms with van der Waals surface area (Å²) in [6.07, 6.45) is -5.73. The number of morpholine rings is 1. The average Bonchev–Trinajstić information content (AvgIpc) is 2.33. The maximum atomic E-state index is 11.8. The monoisotopic (exact) mass is 285 g/mol. The number of carbonyl (C=O) groups is 2. The van der Waals surface area contributed by atoms with Gasteiger partial charge in [0.15, 0.2) is 6.10 Å². The van der Waals surface area contributed by atoms with Crippen molar-refractivity contribution < 1.29 is 37.3 Å². The van der Waals surface area contributed by atoms with Gasteiger partial charge in [0.05, 0.1) is 26.2 Å². The van der Waals surface area contributed by atoms with Crippen LogP contribution in [0.5, 0.6) is 0 Å². The highest BCUT2D eigenvalue weighted by Crippen LogP contribution is 2.14. The van der Waals surface area contributed by atoms with Gasteiger partial charge in [-0.15, -0.1) is 0 Å². The molecule has 1 aliphatic heterocycles. The molecule has 1 fully saturated rings. The fourth-order valence-corrected chi connectivity index (χ4v) is 1.53. The SMILES string of the molecule is O=C(O)[C@H]1CN(C(=O)CCOCC(F)(F)F)CCO1. The highest BCUT2D eigenvalue weighted by Gasteiger charge is 2.30. The first kappa shape index (κ1) is 15.7. The number of rotatable bonds is 5. The van der Waals surface area contributed by atoms with Gasteiger partial charge in [-0.25, -0.2) is 4.79 Å². The Labute approximate surface area is 107 Å². The minimum absolute atomic E-state index is 0.0894. The van der Waals surface area contributed by atoms with Gasteiger partial charge >= 0.3 is 12.1 Å². The van der Waals surface area contributed by atoms with Crippen molar-refractivity contribution in [3.8, 4) is 0 Å². The topological polar surface area (TPSA) is 76.1 Å². The Morgan fingerprint density at radius 1 is 1.42 bits per heavy atom. The van der Waals surface area contributed by atoms with Crippen LogP contribution >= 0.6 is 0 Å². The van der Waals surface area contributed by atoms with E-state index in [0.717, 1.165) is 0 Å². The zero-order valence-electron chi connectivity index (χ0n) is 9.98. The van der Waals surface area contributed by atoms with E-state index in [9.17, 15) is 22.8 Å². The molecule has 9 heteroatoms. The number of carboxylic acids is 1. The average molecular weight is 285 g/mol. The molecule has 0 aromatic rings. The van der Waals surface area contributed by atoms with Gasteiger partial charge in [0.25, 0.3) is 0 Å². The Morgan fingerprint density at radius 2 is 2.11 bits per heavy atom. The lowest BCUT2D eigenvalue weighted by Gasteiger charge is -2.30. The van der Waals surface area contributed by atoms with E-state index < -0.39 is 30.8 Å². The van der Waals surface area contributed by atoms with Crippen LogP contribution < -0.4 is 0 Å². The van der Waals surface area contributed by atoms with Gasteiger partial charge in [-0.05, 0) is 0 Å². The summed E-state index contributed by atoms with van der Waals surface area (Å²) >= 11 is 0. The molecule has 0 bridgehead atoms. The zero-order chi connectivity index (χ0) is 14.5. The van der Waals surface area contributed by atoms with Crippen LogP contribution in [0, 0.1) is 0 Å². The van der Waals surface area contributed by atoms with Gasteiger partial charge in [-0.3, -0.25) is 4.79 Å². The molecule has 0 saturated carbocycles. The van der Waals surface area contributed by atoms with E-state index in [1.807, 2.05) is 0 Å². The number of carbonyl (C=O) groups excluding carboxylic acids is 1. The Kier molecular flexibility index (Phi) is 5.55. The van der Waals surface area contributed by atoms with E-state index in [-0.39, 0.29) is 32.7 Å². The Balaban J connectivity index is 2.27. The summed E-state index contributed by atoms with van der Waals surface area (Å²) < 4.78 is 44.5. The molecule has 110 valence electrons. The number of nitrogens with zero attached hydrogens (tertiary/aromatic N) is 1. The highest BCUT2D eigenvalue weighted by molar-refractivity contribution is 5.78. The highest BCUT2D eigenvalue weighted by atomic mass is 19.4. The molecule has 0 spiro atoms. The summed E-state index contributed by atoms with van der Waals surface area (Å²) in [7, 11) is 0. The molecule has 6 nitrogen and oxygen atoms in total. The third-order valence-electron chi connectivity index (χ3n) is 2.42. The molecule has 1 atom stereocenters. The molecule has 1 amide bonds. The molecule has 0 radical (unpaired) electrons. The molecule has 1 heterocycles. The van der Waals surface area contributed by atoms with Crippen LogP contribution in [0.25, 0.3) is 0 Å². The van der Waals surface area contributed by atoms with E-state index in [2.05, 4.69) is 4.74 Å². The lowest BCUT2D eigenvalue weighted by molar-refractivity contribution is -0.176. The van der Waals surface area contributed by atoms with Crippen LogP contribution in [-0.4, -0.2) is 67.1 Å². The van der Waals surface area contributed by atoms with Crippen LogP contribution in [0.1, 0.15) is 6.42 Å². The van der Waals surface area contributed by atoms with Gasteiger partial charge < -0.3 is 19.5 Å². The van der Waals surface area contributed by atoms with Crippen molar-refractivity contribution in [1.82, 2.24) is 4.90 Å². The summed E-state index contributed by atoms with van der Waals surface area (Å²) in [5, 5.41) is 8.73. The van der Waals surface area contributed by atoms with Crippen LogP contribution in [0.15, 0.2) is 0 Å². The molecule has 1 aliphatic rings. The van der Waals surface area contributed by atoms with E-state index in [4.69, 9.17) is 9.84 Å². The first-order valence-corrected chi connectivity index (χ1v) is 5.56. The fraction of sp³-hybridized carbons (Fsp3) is 0.800. The van der Waals surface area contributed by atoms with Gasteiger partial charge in [0, 0.05) is 6.54 Å². The molecule has 0 aliphatic carbocycles. The first-order valence-electron chi connectivity index (χ1n) is 5.56. The van der Waals surface area contributed by atoms with Gasteiger partial charge in [0.2, 0.25) is 5.91 Å². The Morgan fingerprint density at radius 3 is 2.68 bits per heavy atom. The summed E-state index contributed by atoms with van der Waals surface area (Å²) in [5.41, 5.74) is 0. The first-order chi connectivity index (χ1) is 8.79. The van der Waals surface area contributed by atoms with Crippen molar-refractivity contribution >= 4 is 11.9 Å². The van der Waals surface area contributed by atoms with Gasteiger partial charge in [-0.1, -0.05) is 0 Å². The second kappa shape index (κ2) is 6.71. The fourth-order valence-electron chi connectivity index (χ4n) is 1.53. The third kappa shape index (κ3) is 5.88. The lowest BCUT2D eigenvalue weighted by atomic mass is 10.2. The zero-order valence-corrected chi connectivity index (χ0v) is 9.98. The number of amides is 1. The minimum atomic E-state index is -4.42. The molecule has 1 rings (SSSR count). The molecule has 0 aromatic heterocycles. The summed E-state index contributed by atoms with van der Waals surface area (Å²) in [6, 6.07) is 0. The van der Waals surface area contributed by atoms with Crippen molar-refractivity contribution in [2.75, 3.05) is 32.9 Å².